The summed E-state index contributed by atoms with van der Waals surface area (Å²) in [6, 6.07) is 4.46. The van der Waals surface area contributed by atoms with Crippen LogP contribution in [0.2, 0.25) is 5.02 Å². The van der Waals surface area contributed by atoms with Crippen LogP contribution in [0.15, 0.2) is 40.1 Å². The number of carboxylic acids is 1. The molecule has 0 amide bonds. The van der Waals surface area contributed by atoms with E-state index in [2.05, 4.69) is 5.32 Å². The summed E-state index contributed by atoms with van der Waals surface area (Å²) in [5.41, 5.74) is -0.808. The van der Waals surface area contributed by atoms with Gasteiger partial charge in [0.05, 0.1) is 6.54 Å². The van der Waals surface area contributed by atoms with Crippen LogP contribution in [0.4, 0.5) is 4.39 Å². The maximum absolute atomic E-state index is 12.8. The molecule has 1 heterocycles. The van der Waals surface area contributed by atoms with E-state index in [1.165, 1.54) is 24.3 Å². The van der Waals surface area contributed by atoms with Gasteiger partial charge in [0.15, 0.2) is 0 Å². The van der Waals surface area contributed by atoms with Crippen LogP contribution < -0.4 is 16.6 Å². The van der Waals surface area contributed by atoms with Gasteiger partial charge in [0.2, 0.25) is 0 Å². The topological polar surface area (TPSA) is 104 Å². The average Bonchev–Trinajstić information content (AvgIpc) is 2.49. The molecule has 7 nitrogen and oxygen atoms in total. The highest BCUT2D eigenvalue weighted by Gasteiger charge is 2.18. The van der Waals surface area contributed by atoms with Crippen LogP contribution in [-0.4, -0.2) is 26.7 Å². The molecule has 1 aromatic carbocycles. The Labute approximate surface area is 134 Å². The summed E-state index contributed by atoms with van der Waals surface area (Å²) in [7, 11) is 0. The number of carbonyl (C=O) groups is 1. The quantitative estimate of drug-likeness (QED) is 0.712. The number of H-pyrrole nitrogens is 1. The Morgan fingerprint density at radius 2 is 2.00 bits per heavy atom. The number of rotatable bonds is 6. The summed E-state index contributed by atoms with van der Waals surface area (Å²) in [5.74, 6) is -1.57. The van der Waals surface area contributed by atoms with Gasteiger partial charge in [-0.1, -0.05) is 23.7 Å². The van der Waals surface area contributed by atoms with Gasteiger partial charge in [0, 0.05) is 12.7 Å². The molecule has 1 atom stereocenters. The molecule has 2 aromatic rings. The van der Waals surface area contributed by atoms with Gasteiger partial charge in [-0.05, 0) is 17.7 Å². The summed E-state index contributed by atoms with van der Waals surface area (Å²) < 4.78 is 13.8. The van der Waals surface area contributed by atoms with E-state index in [0.29, 0.717) is 5.56 Å². The molecular weight excluding hydrogens is 329 g/mol. The molecule has 0 aliphatic heterocycles. The molecule has 0 fully saturated rings. The smallest absolute Gasteiger partial charge is 0.328 e. The number of halogens is 2. The number of nitrogens with one attached hydrogen (secondary N) is 2. The summed E-state index contributed by atoms with van der Waals surface area (Å²) in [6.07, 6.45) is 1.08. The number of aromatic nitrogens is 2. The van der Waals surface area contributed by atoms with Gasteiger partial charge in [0.1, 0.15) is 16.9 Å². The summed E-state index contributed by atoms with van der Waals surface area (Å²) >= 11 is 5.63. The highest BCUT2D eigenvalue weighted by atomic mass is 35.5. The third-order valence-corrected chi connectivity index (χ3v) is 3.38. The van der Waals surface area contributed by atoms with Gasteiger partial charge in [-0.3, -0.25) is 24.5 Å². The lowest BCUT2D eigenvalue weighted by Gasteiger charge is -2.16. The van der Waals surface area contributed by atoms with Gasteiger partial charge in [-0.25, -0.2) is 9.18 Å². The molecule has 0 spiro atoms. The number of carboxylic acid groups (broad SMARTS) is 1. The predicted molar refractivity (Wildman–Crippen MR) is 81.0 cm³/mol. The van der Waals surface area contributed by atoms with Crippen molar-refractivity contribution in [3.8, 4) is 0 Å². The van der Waals surface area contributed by atoms with E-state index < -0.39 is 29.1 Å². The Morgan fingerprint density at radius 1 is 1.35 bits per heavy atom. The summed E-state index contributed by atoms with van der Waals surface area (Å²) in [4.78, 5) is 36.1. The number of aromatic amines is 1. The monoisotopic (exact) mass is 341 g/mol. The van der Waals surface area contributed by atoms with Crippen molar-refractivity contribution in [1.29, 1.82) is 0 Å². The zero-order chi connectivity index (χ0) is 17.0. The molecule has 9 heteroatoms. The minimum Gasteiger partial charge on any atom is -0.480 e. The lowest BCUT2D eigenvalue weighted by atomic mass is 10.2. The second kappa shape index (κ2) is 7.21. The predicted octanol–water partition coefficient (Wildman–Crippen LogP) is 0.572. The third kappa shape index (κ3) is 4.51. The van der Waals surface area contributed by atoms with E-state index in [1.54, 1.807) is 0 Å². The van der Waals surface area contributed by atoms with Crippen LogP contribution >= 0.6 is 11.6 Å². The van der Waals surface area contributed by atoms with E-state index in [9.17, 15) is 23.9 Å². The number of hydrogen-bond donors (Lipinski definition) is 3. The molecule has 0 radical (unpaired) electrons. The first-order valence-electron chi connectivity index (χ1n) is 6.56. The standard InChI is InChI=1S/C14H13ClFN3O4/c15-10-6-19(14(23)18-12(10)20)7-11(13(21)22)17-5-8-1-3-9(16)4-2-8/h1-4,6,11,17H,5,7H2,(H,21,22)(H,18,20,23)/t11-/m0/s1. The molecule has 23 heavy (non-hydrogen) atoms. The lowest BCUT2D eigenvalue weighted by Crippen LogP contribution is -2.43. The SMILES string of the molecule is O=C(O)[C@H](Cn1cc(Cl)c(=O)[nH]c1=O)NCc1ccc(F)cc1. The molecule has 0 aliphatic rings. The Hall–Kier alpha value is -2.45. The molecule has 3 N–H and O–H groups in total. The minimum atomic E-state index is -1.18. The van der Waals surface area contributed by atoms with Crippen LogP contribution in [0.3, 0.4) is 0 Å². The van der Waals surface area contributed by atoms with Gasteiger partial charge < -0.3 is 5.11 Å². The minimum absolute atomic E-state index is 0.170. The fraction of sp³-hybridized carbons (Fsp3) is 0.214. The van der Waals surface area contributed by atoms with Crippen molar-refractivity contribution in [3.05, 3.63) is 67.7 Å². The zero-order valence-electron chi connectivity index (χ0n) is 11.8. The van der Waals surface area contributed by atoms with Crippen molar-refractivity contribution in [2.75, 3.05) is 0 Å². The van der Waals surface area contributed by atoms with E-state index in [-0.39, 0.29) is 18.1 Å². The molecule has 0 bridgehead atoms. The Bertz CT molecular complexity index is 816. The van der Waals surface area contributed by atoms with Crippen LogP contribution in [0, 0.1) is 5.82 Å². The largest absolute Gasteiger partial charge is 0.480 e. The molecule has 2 rings (SSSR count). The first kappa shape index (κ1) is 16.9. The zero-order valence-corrected chi connectivity index (χ0v) is 12.5. The van der Waals surface area contributed by atoms with E-state index >= 15 is 0 Å². The normalized spacial score (nSPS) is 12.1. The van der Waals surface area contributed by atoms with Crippen molar-refractivity contribution in [2.24, 2.45) is 0 Å². The van der Waals surface area contributed by atoms with Crippen LogP contribution in [0.1, 0.15) is 5.56 Å². The number of nitrogens with zero attached hydrogens (tertiary/aromatic N) is 1. The van der Waals surface area contributed by atoms with Gasteiger partial charge in [-0.2, -0.15) is 0 Å². The van der Waals surface area contributed by atoms with E-state index in [4.69, 9.17) is 11.6 Å². The van der Waals surface area contributed by atoms with Gasteiger partial charge in [0.25, 0.3) is 5.56 Å². The summed E-state index contributed by atoms with van der Waals surface area (Å²) in [5, 5.41) is 11.8. The Kier molecular flexibility index (Phi) is 5.30. The second-order valence-electron chi connectivity index (χ2n) is 4.79. The molecule has 0 unspecified atom stereocenters. The van der Waals surface area contributed by atoms with Gasteiger partial charge >= 0.3 is 11.7 Å². The van der Waals surface area contributed by atoms with Crippen LogP contribution in [0.25, 0.3) is 0 Å². The first-order chi connectivity index (χ1) is 10.9. The highest BCUT2D eigenvalue weighted by molar-refractivity contribution is 6.30. The highest BCUT2D eigenvalue weighted by Crippen LogP contribution is 2.03. The van der Waals surface area contributed by atoms with E-state index in [0.717, 1.165) is 10.8 Å². The van der Waals surface area contributed by atoms with Crippen LogP contribution in [-0.2, 0) is 17.9 Å². The number of hydrogen-bond acceptors (Lipinski definition) is 4. The Balaban J connectivity index is 2.11. The maximum Gasteiger partial charge on any atom is 0.328 e. The summed E-state index contributed by atoms with van der Waals surface area (Å²) in [6.45, 7) is -0.0606. The van der Waals surface area contributed by atoms with Crippen molar-refractivity contribution in [2.45, 2.75) is 19.1 Å². The molecule has 0 aliphatic carbocycles. The molecule has 1 aromatic heterocycles. The molecule has 122 valence electrons. The fourth-order valence-corrected chi connectivity index (χ4v) is 2.05. The van der Waals surface area contributed by atoms with E-state index in [1.807, 2.05) is 4.98 Å². The van der Waals surface area contributed by atoms with Gasteiger partial charge in [-0.15, -0.1) is 0 Å². The van der Waals surface area contributed by atoms with Crippen LogP contribution in [0.5, 0.6) is 0 Å². The number of aliphatic carboxylic acids is 1. The van der Waals surface area contributed by atoms with Crippen molar-refractivity contribution in [3.63, 3.8) is 0 Å². The third-order valence-electron chi connectivity index (χ3n) is 3.11. The molecule has 0 saturated carbocycles. The van der Waals surface area contributed by atoms with Crippen molar-refractivity contribution < 1.29 is 14.3 Å². The average molecular weight is 342 g/mol. The van der Waals surface area contributed by atoms with Crippen molar-refractivity contribution in [1.82, 2.24) is 14.9 Å². The molecular formula is C14H13ClFN3O4. The molecule has 0 saturated heterocycles. The maximum atomic E-state index is 12.8. The second-order valence-corrected chi connectivity index (χ2v) is 5.19. The lowest BCUT2D eigenvalue weighted by molar-refractivity contribution is -0.139. The van der Waals surface area contributed by atoms with Crippen molar-refractivity contribution >= 4 is 17.6 Å². The Morgan fingerprint density at radius 3 is 2.61 bits per heavy atom. The number of benzene rings is 1. The fourth-order valence-electron chi connectivity index (χ4n) is 1.89. The first-order valence-corrected chi connectivity index (χ1v) is 6.94.